The molecule has 4 heteroatoms. The number of para-hydroxylation sites is 1. The summed E-state index contributed by atoms with van der Waals surface area (Å²) in [6.07, 6.45) is 6.50. The van der Waals surface area contributed by atoms with Crippen LogP contribution < -0.4 is 4.74 Å². The van der Waals surface area contributed by atoms with E-state index in [1.54, 1.807) is 6.20 Å². The van der Waals surface area contributed by atoms with E-state index in [2.05, 4.69) is 5.10 Å². The average molecular weight is 260 g/mol. The van der Waals surface area contributed by atoms with Crippen molar-refractivity contribution in [3.8, 4) is 11.4 Å². The molecule has 0 bridgehead atoms. The summed E-state index contributed by atoms with van der Waals surface area (Å²) in [5.74, 6) is 3.23. The standard InChI is InChI=1S/C14H16N2OS/c1-2-5-12(6-3-1)16-10-14(9-15-16)17-13-7-4-8-18-11-13/h1-3,5-6,9-10,13H,4,7-8,11H2. The molecule has 1 atom stereocenters. The molecule has 1 aromatic carbocycles. The summed E-state index contributed by atoms with van der Waals surface area (Å²) in [5, 5.41) is 4.34. The molecule has 0 radical (unpaired) electrons. The zero-order chi connectivity index (χ0) is 12.2. The van der Waals surface area contributed by atoms with E-state index in [0.717, 1.165) is 23.6 Å². The topological polar surface area (TPSA) is 27.1 Å². The largest absolute Gasteiger partial charge is 0.486 e. The lowest BCUT2D eigenvalue weighted by Gasteiger charge is -2.21. The summed E-state index contributed by atoms with van der Waals surface area (Å²) in [4.78, 5) is 0. The second-order valence-corrected chi connectivity index (χ2v) is 5.56. The molecule has 18 heavy (non-hydrogen) atoms. The maximum absolute atomic E-state index is 5.95. The summed E-state index contributed by atoms with van der Waals surface area (Å²) in [6.45, 7) is 0. The maximum atomic E-state index is 5.95. The average Bonchev–Trinajstić information content (AvgIpc) is 2.89. The van der Waals surface area contributed by atoms with Crippen molar-refractivity contribution in [2.24, 2.45) is 0 Å². The second kappa shape index (κ2) is 5.48. The van der Waals surface area contributed by atoms with Gasteiger partial charge in [0.1, 0.15) is 6.10 Å². The van der Waals surface area contributed by atoms with Crippen LogP contribution in [0.15, 0.2) is 42.7 Å². The minimum absolute atomic E-state index is 0.345. The van der Waals surface area contributed by atoms with Crippen molar-refractivity contribution in [1.82, 2.24) is 9.78 Å². The zero-order valence-electron chi connectivity index (χ0n) is 10.2. The number of hydrogen-bond acceptors (Lipinski definition) is 3. The summed E-state index contributed by atoms with van der Waals surface area (Å²) in [5.41, 5.74) is 1.06. The van der Waals surface area contributed by atoms with Crippen LogP contribution in [0, 0.1) is 0 Å². The van der Waals surface area contributed by atoms with Gasteiger partial charge in [-0.2, -0.15) is 16.9 Å². The Balaban J connectivity index is 1.69. The Hall–Kier alpha value is -1.42. The molecule has 0 amide bonds. The molecule has 94 valence electrons. The van der Waals surface area contributed by atoms with Gasteiger partial charge in [-0.3, -0.25) is 0 Å². The van der Waals surface area contributed by atoms with Gasteiger partial charge in [0.25, 0.3) is 0 Å². The number of hydrogen-bond donors (Lipinski definition) is 0. The smallest absolute Gasteiger partial charge is 0.158 e. The van der Waals surface area contributed by atoms with Crippen LogP contribution in [0.4, 0.5) is 0 Å². The molecule has 0 aliphatic carbocycles. The van der Waals surface area contributed by atoms with Gasteiger partial charge in [0.2, 0.25) is 0 Å². The Morgan fingerprint density at radius 3 is 2.94 bits per heavy atom. The Morgan fingerprint density at radius 2 is 2.17 bits per heavy atom. The Labute approximate surface area is 111 Å². The highest BCUT2D eigenvalue weighted by atomic mass is 32.2. The van der Waals surface area contributed by atoms with Crippen molar-refractivity contribution in [1.29, 1.82) is 0 Å². The van der Waals surface area contributed by atoms with E-state index in [1.165, 1.54) is 12.2 Å². The van der Waals surface area contributed by atoms with Crippen LogP contribution in [0.2, 0.25) is 0 Å². The second-order valence-electron chi connectivity index (χ2n) is 4.41. The fourth-order valence-corrected chi connectivity index (χ4v) is 3.12. The molecular formula is C14H16N2OS. The SMILES string of the molecule is c1ccc(-n2cc(OC3CCCSC3)cn2)cc1. The quantitative estimate of drug-likeness (QED) is 0.848. The summed E-state index contributed by atoms with van der Waals surface area (Å²) in [6, 6.07) is 10.1. The molecule has 1 fully saturated rings. The van der Waals surface area contributed by atoms with Gasteiger partial charge in [-0.1, -0.05) is 18.2 Å². The molecule has 1 aliphatic rings. The summed E-state index contributed by atoms with van der Waals surface area (Å²) >= 11 is 1.97. The molecule has 2 heterocycles. The first-order chi connectivity index (χ1) is 8.92. The van der Waals surface area contributed by atoms with Crippen LogP contribution in [0.1, 0.15) is 12.8 Å². The Kier molecular flexibility index (Phi) is 3.55. The molecule has 0 saturated carbocycles. The van der Waals surface area contributed by atoms with Gasteiger partial charge < -0.3 is 4.74 Å². The third-order valence-electron chi connectivity index (χ3n) is 3.00. The minimum Gasteiger partial charge on any atom is -0.486 e. The lowest BCUT2D eigenvalue weighted by Crippen LogP contribution is -2.23. The number of nitrogens with zero attached hydrogens (tertiary/aromatic N) is 2. The number of rotatable bonds is 3. The van der Waals surface area contributed by atoms with Gasteiger partial charge in [0.05, 0.1) is 18.1 Å². The van der Waals surface area contributed by atoms with Crippen LogP contribution in [0.5, 0.6) is 5.75 Å². The fourth-order valence-electron chi connectivity index (χ4n) is 2.09. The van der Waals surface area contributed by atoms with Crippen LogP contribution in [-0.2, 0) is 0 Å². The number of thioether (sulfide) groups is 1. The first-order valence-electron chi connectivity index (χ1n) is 6.26. The first kappa shape index (κ1) is 11.7. The van der Waals surface area contributed by atoms with Crippen molar-refractivity contribution < 1.29 is 4.74 Å². The number of ether oxygens (including phenoxy) is 1. The third kappa shape index (κ3) is 2.70. The molecule has 3 rings (SSSR count). The molecule has 1 aromatic heterocycles. The van der Waals surface area contributed by atoms with E-state index in [1.807, 2.05) is 53.0 Å². The predicted molar refractivity (Wildman–Crippen MR) is 74.5 cm³/mol. The zero-order valence-corrected chi connectivity index (χ0v) is 11.0. The molecule has 0 spiro atoms. The van der Waals surface area contributed by atoms with Crippen LogP contribution in [0.3, 0.4) is 0 Å². The van der Waals surface area contributed by atoms with Crippen LogP contribution >= 0.6 is 11.8 Å². The van der Waals surface area contributed by atoms with Gasteiger partial charge in [0.15, 0.2) is 5.75 Å². The molecular weight excluding hydrogens is 244 g/mol. The van der Waals surface area contributed by atoms with Gasteiger partial charge >= 0.3 is 0 Å². The van der Waals surface area contributed by atoms with Gasteiger partial charge in [-0.25, -0.2) is 4.68 Å². The fraction of sp³-hybridized carbons (Fsp3) is 0.357. The number of benzene rings is 1. The van der Waals surface area contributed by atoms with E-state index in [9.17, 15) is 0 Å². The van der Waals surface area contributed by atoms with Gasteiger partial charge in [-0.15, -0.1) is 0 Å². The molecule has 3 nitrogen and oxygen atoms in total. The van der Waals surface area contributed by atoms with E-state index < -0.39 is 0 Å². The maximum Gasteiger partial charge on any atom is 0.158 e. The van der Waals surface area contributed by atoms with Crippen molar-refractivity contribution in [2.45, 2.75) is 18.9 Å². The van der Waals surface area contributed by atoms with Crippen molar-refractivity contribution >= 4 is 11.8 Å². The van der Waals surface area contributed by atoms with E-state index in [0.29, 0.717) is 6.10 Å². The van der Waals surface area contributed by atoms with Crippen LogP contribution in [0.25, 0.3) is 5.69 Å². The molecule has 2 aromatic rings. The normalized spacial score (nSPS) is 19.7. The molecule has 1 saturated heterocycles. The number of aromatic nitrogens is 2. The minimum atomic E-state index is 0.345. The van der Waals surface area contributed by atoms with Crippen molar-refractivity contribution in [2.75, 3.05) is 11.5 Å². The van der Waals surface area contributed by atoms with E-state index >= 15 is 0 Å². The van der Waals surface area contributed by atoms with E-state index in [4.69, 9.17) is 4.74 Å². The lowest BCUT2D eigenvalue weighted by atomic mass is 10.2. The lowest BCUT2D eigenvalue weighted by molar-refractivity contribution is 0.211. The predicted octanol–water partition coefficient (Wildman–Crippen LogP) is 3.15. The van der Waals surface area contributed by atoms with Crippen LogP contribution in [-0.4, -0.2) is 27.4 Å². The third-order valence-corrected chi connectivity index (χ3v) is 4.19. The first-order valence-corrected chi connectivity index (χ1v) is 7.42. The monoisotopic (exact) mass is 260 g/mol. The van der Waals surface area contributed by atoms with Crippen molar-refractivity contribution in [3.05, 3.63) is 42.7 Å². The molecule has 1 unspecified atom stereocenters. The highest BCUT2D eigenvalue weighted by molar-refractivity contribution is 7.99. The van der Waals surface area contributed by atoms with Gasteiger partial charge in [0, 0.05) is 5.75 Å². The highest BCUT2D eigenvalue weighted by Gasteiger charge is 2.15. The van der Waals surface area contributed by atoms with Crippen molar-refractivity contribution in [3.63, 3.8) is 0 Å². The summed E-state index contributed by atoms with van der Waals surface area (Å²) < 4.78 is 7.81. The Morgan fingerprint density at radius 1 is 1.28 bits per heavy atom. The molecule has 0 N–H and O–H groups in total. The summed E-state index contributed by atoms with van der Waals surface area (Å²) in [7, 11) is 0. The molecule has 1 aliphatic heterocycles. The highest BCUT2D eigenvalue weighted by Crippen LogP contribution is 2.22. The van der Waals surface area contributed by atoms with E-state index in [-0.39, 0.29) is 0 Å². The van der Waals surface area contributed by atoms with Gasteiger partial charge in [-0.05, 0) is 30.7 Å². The Bertz CT molecular complexity index is 492.